The van der Waals surface area contributed by atoms with Gasteiger partial charge >= 0.3 is 6.03 Å². The zero-order valence-electron chi connectivity index (χ0n) is 19.8. The Morgan fingerprint density at radius 1 is 1.11 bits per heavy atom. The standard InChI is InChI=1S/C24H28N4O6S2/c1-14-22(35-24(25-14)27-23(31)26-16-4-8-18(29)9-5-16)15-3-12-20(34-2)21(13-15)36(32,33)28-17-6-10-19(30)11-7-17/h3,6-7,10-13,16,18,28-30H,4-5,8-9H2,1-2H3,(H2,25,26,27,31). The molecule has 36 heavy (non-hydrogen) atoms. The van der Waals surface area contributed by atoms with E-state index in [9.17, 15) is 23.4 Å². The number of thiazole rings is 1. The van der Waals surface area contributed by atoms with E-state index in [0.29, 0.717) is 39.8 Å². The van der Waals surface area contributed by atoms with E-state index >= 15 is 0 Å². The molecule has 0 aliphatic heterocycles. The van der Waals surface area contributed by atoms with Gasteiger partial charge < -0.3 is 20.3 Å². The van der Waals surface area contributed by atoms with E-state index in [1.54, 1.807) is 19.1 Å². The predicted molar refractivity (Wildman–Crippen MR) is 138 cm³/mol. The first kappa shape index (κ1) is 25.7. The summed E-state index contributed by atoms with van der Waals surface area (Å²) in [5, 5.41) is 25.1. The Hall–Kier alpha value is -3.35. The third kappa shape index (κ3) is 6.07. The zero-order chi connectivity index (χ0) is 25.9. The van der Waals surface area contributed by atoms with Crippen LogP contribution in [-0.2, 0) is 10.0 Å². The average Bonchev–Trinajstić information content (AvgIpc) is 3.21. The van der Waals surface area contributed by atoms with Crippen molar-refractivity contribution in [2.24, 2.45) is 0 Å². The van der Waals surface area contributed by atoms with Gasteiger partial charge in [-0.15, -0.1) is 0 Å². The summed E-state index contributed by atoms with van der Waals surface area (Å²) >= 11 is 1.23. The molecule has 0 spiro atoms. The van der Waals surface area contributed by atoms with Crippen molar-refractivity contribution in [3.63, 3.8) is 0 Å². The molecular formula is C24H28N4O6S2. The van der Waals surface area contributed by atoms with Crippen LogP contribution in [0.3, 0.4) is 0 Å². The number of aliphatic hydroxyl groups is 1. The number of aryl methyl sites for hydroxylation is 1. The highest BCUT2D eigenvalue weighted by molar-refractivity contribution is 7.92. The fourth-order valence-corrected chi connectivity index (χ4v) is 6.24. The number of nitrogens with one attached hydrogen (secondary N) is 3. The summed E-state index contributed by atoms with van der Waals surface area (Å²) in [7, 11) is -2.63. The Balaban J connectivity index is 1.54. The number of rotatable bonds is 7. The molecule has 0 unspecified atom stereocenters. The lowest BCUT2D eigenvalue weighted by atomic mass is 9.93. The predicted octanol–water partition coefficient (Wildman–Crippen LogP) is 4.06. The van der Waals surface area contributed by atoms with Crippen molar-refractivity contribution in [1.29, 1.82) is 0 Å². The molecule has 1 aliphatic carbocycles. The van der Waals surface area contributed by atoms with Crippen LogP contribution in [-0.4, -0.2) is 48.9 Å². The van der Waals surface area contributed by atoms with Gasteiger partial charge in [-0.1, -0.05) is 11.3 Å². The number of anilines is 2. The van der Waals surface area contributed by atoms with Crippen molar-refractivity contribution in [3.05, 3.63) is 48.2 Å². The molecule has 3 aromatic rings. The van der Waals surface area contributed by atoms with Gasteiger partial charge in [-0.2, -0.15) is 0 Å². The third-order valence-electron chi connectivity index (χ3n) is 5.88. The van der Waals surface area contributed by atoms with Crippen LogP contribution < -0.4 is 20.1 Å². The van der Waals surface area contributed by atoms with E-state index in [-0.39, 0.29) is 34.6 Å². The van der Waals surface area contributed by atoms with Crippen LogP contribution in [0.5, 0.6) is 11.5 Å². The van der Waals surface area contributed by atoms with Crippen LogP contribution >= 0.6 is 11.3 Å². The average molecular weight is 533 g/mol. The lowest BCUT2D eigenvalue weighted by Crippen LogP contribution is -2.40. The fourth-order valence-electron chi connectivity index (χ4n) is 4.02. The minimum Gasteiger partial charge on any atom is -0.508 e. The van der Waals surface area contributed by atoms with Gasteiger partial charge in [0.25, 0.3) is 10.0 Å². The van der Waals surface area contributed by atoms with E-state index in [1.165, 1.54) is 48.8 Å². The van der Waals surface area contributed by atoms with Gasteiger partial charge in [0, 0.05) is 11.7 Å². The molecule has 10 nitrogen and oxygen atoms in total. The number of urea groups is 1. The number of hydrogen-bond donors (Lipinski definition) is 5. The second-order valence-corrected chi connectivity index (χ2v) is 11.2. The maximum absolute atomic E-state index is 13.1. The first-order valence-electron chi connectivity index (χ1n) is 11.4. The Morgan fingerprint density at radius 2 is 1.81 bits per heavy atom. The quantitative estimate of drug-likeness (QED) is 0.288. The van der Waals surface area contributed by atoms with Crippen LogP contribution in [0.4, 0.5) is 15.6 Å². The second-order valence-electron chi connectivity index (χ2n) is 8.56. The number of nitrogens with zero attached hydrogens (tertiary/aromatic N) is 1. The summed E-state index contributed by atoms with van der Waals surface area (Å²) in [6.45, 7) is 1.78. The van der Waals surface area contributed by atoms with E-state index in [0.717, 1.165) is 12.8 Å². The molecule has 1 aliphatic rings. The lowest BCUT2D eigenvalue weighted by molar-refractivity contribution is 0.118. The van der Waals surface area contributed by atoms with Gasteiger partial charge in [0.15, 0.2) is 5.13 Å². The number of aliphatic hydroxyl groups excluding tert-OH is 1. The van der Waals surface area contributed by atoms with Gasteiger partial charge in [-0.05, 0) is 80.6 Å². The van der Waals surface area contributed by atoms with Crippen molar-refractivity contribution in [1.82, 2.24) is 10.3 Å². The molecule has 1 aromatic heterocycles. The number of phenols is 1. The van der Waals surface area contributed by atoms with E-state index in [1.807, 2.05) is 0 Å². The van der Waals surface area contributed by atoms with Crippen LogP contribution in [0.15, 0.2) is 47.4 Å². The smallest absolute Gasteiger partial charge is 0.321 e. The highest BCUT2D eigenvalue weighted by Crippen LogP contribution is 2.37. The highest BCUT2D eigenvalue weighted by atomic mass is 32.2. The number of amides is 2. The Morgan fingerprint density at radius 3 is 2.47 bits per heavy atom. The molecule has 4 rings (SSSR count). The van der Waals surface area contributed by atoms with Crippen molar-refractivity contribution in [2.75, 3.05) is 17.1 Å². The molecule has 1 saturated carbocycles. The zero-order valence-corrected chi connectivity index (χ0v) is 21.4. The highest BCUT2D eigenvalue weighted by Gasteiger charge is 2.24. The monoisotopic (exact) mass is 532 g/mol. The Kier molecular flexibility index (Phi) is 7.67. The first-order valence-corrected chi connectivity index (χ1v) is 13.7. The minimum absolute atomic E-state index is 0.00404. The molecule has 12 heteroatoms. The van der Waals surface area contributed by atoms with Crippen LogP contribution in [0.1, 0.15) is 31.4 Å². The normalized spacial score (nSPS) is 17.9. The van der Waals surface area contributed by atoms with Crippen molar-refractivity contribution in [2.45, 2.75) is 49.6 Å². The number of methoxy groups -OCH3 is 1. The molecule has 192 valence electrons. The van der Waals surface area contributed by atoms with Gasteiger partial charge in [-0.25, -0.2) is 18.2 Å². The minimum atomic E-state index is -4.01. The molecule has 0 radical (unpaired) electrons. The van der Waals surface area contributed by atoms with Crippen LogP contribution in [0.2, 0.25) is 0 Å². The summed E-state index contributed by atoms with van der Waals surface area (Å²) in [5.41, 5.74) is 1.53. The first-order chi connectivity index (χ1) is 17.1. The van der Waals surface area contributed by atoms with Gasteiger partial charge in [0.1, 0.15) is 16.4 Å². The number of aromatic nitrogens is 1. The number of ether oxygens (including phenoxy) is 1. The summed E-state index contributed by atoms with van der Waals surface area (Å²) < 4.78 is 34.1. The molecule has 0 saturated heterocycles. The molecule has 2 aromatic carbocycles. The second kappa shape index (κ2) is 10.7. The summed E-state index contributed by atoms with van der Waals surface area (Å²) in [4.78, 5) is 17.5. The molecule has 1 heterocycles. The van der Waals surface area contributed by atoms with E-state index in [4.69, 9.17) is 4.74 Å². The topological polar surface area (TPSA) is 150 Å². The number of carbonyl (C=O) groups excluding carboxylic acids is 1. The van der Waals surface area contributed by atoms with Crippen molar-refractivity contribution in [3.8, 4) is 21.9 Å². The summed E-state index contributed by atoms with van der Waals surface area (Å²) in [6, 6.07) is 10.1. The number of carbonyl (C=O) groups is 1. The molecule has 1 fully saturated rings. The number of hydrogen-bond acceptors (Lipinski definition) is 8. The Bertz CT molecular complexity index is 1330. The summed E-state index contributed by atoms with van der Waals surface area (Å²) in [5.74, 6) is 0.191. The van der Waals surface area contributed by atoms with Crippen LogP contribution in [0, 0.1) is 6.92 Å². The van der Waals surface area contributed by atoms with Crippen molar-refractivity contribution >= 4 is 38.2 Å². The maximum Gasteiger partial charge on any atom is 0.321 e. The lowest BCUT2D eigenvalue weighted by Gasteiger charge is -2.25. The molecular weight excluding hydrogens is 504 g/mol. The maximum atomic E-state index is 13.1. The van der Waals surface area contributed by atoms with Crippen molar-refractivity contribution < 1.29 is 28.2 Å². The van der Waals surface area contributed by atoms with E-state index in [2.05, 4.69) is 20.3 Å². The van der Waals surface area contributed by atoms with Gasteiger partial charge in [0.05, 0.1) is 23.8 Å². The molecule has 2 amide bonds. The molecule has 0 bridgehead atoms. The summed E-state index contributed by atoms with van der Waals surface area (Å²) in [6.07, 6.45) is 2.46. The fraction of sp³-hybridized carbons (Fsp3) is 0.333. The van der Waals surface area contributed by atoms with Gasteiger partial charge in [-0.3, -0.25) is 10.0 Å². The Labute approximate surface area is 213 Å². The van der Waals surface area contributed by atoms with E-state index < -0.39 is 10.0 Å². The third-order valence-corrected chi connectivity index (χ3v) is 8.41. The number of sulfonamides is 1. The molecule has 0 atom stereocenters. The SMILES string of the molecule is COc1ccc(-c2sc(NC(=O)NC3CCC(O)CC3)nc2C)cc1S(=O)(=O)Nc1ccc(O)cc1. The molecule has 5 N–H and O–H groups in total. The van der Waals surface area contributed by atoms with Gasteiger partial charge in [0.2, 0.25) is 0 Å². The number of phenolic OH excluding ortho intramolecular Hbond substituents is 1. The largest absolute Gasteiger partial charge is 0.508 e. The number of benzene rings is 2. The van der Waals surface area contributed by atoms with Crippen LogP contribution in [0.25, 0.3) is 10.4 Å². The number of aromatic hydroxyl groups is 1.